The van der Waals surface area contributed by atoms with E-state index < -0.39 is 29.6 Å². The fourth-order valence-electron chi connectivity index (χ4n) is 1.97. The first-order valence-electron chi connectivity index (χ1n) is 8.04. The molecule has 148 valence electrons. The van der Waals surface area contributed by atoms with Gasteiger partial charge in [0.1, 0.15) is 5.84 Å². The highest BCUT2D eigenvalue weighted by Crippen LogP contribution is 2.20. The Kier molecular flexibility index (Phi) is 7.28. The van der Waals surface area contributed by atoms with Crippen molar-refractivity contribution in [2.75, 3.05) is 10.6 Å². The molecule has 0 aromatic heterocycles. The Morgan fingerprint density at radius 3 is 2.57 bits per heavy atom. The Bertz CT molecular complexity index is 908. The van der Waals surface area contributed by atoms with E-state index in [4.69, 9.17) is 22.2 Å². The number of hydrogen-bond donors (Lipinski definition) is 3. The van der Waals surface area contributed by atoms with Gasteiger partial charge in [-0.25, -0.2) is 8.78 Å². The molecule has 0 spiro atoms. The second kappa shape index (κ2) is 9.65. The number of nitrogens with one attached hydrogen (secondary N) is 2. The van der Waals surface area contributed by atoms with E-state index in [1.165, 1.54) is 13.0 Å². The number of carbonyl (C=O) groups excluding carboxylic acids is 2. The van der Waals surface area contributed by atoms with Crippen LogP contribution in [0.3, 0.4) is 0 Å². The number of benzene rings is 2. The third kappa shape index (κ3) is 6.20. The summed E-state index contributed by atoms with van der Waals surface area (Å²) in [5.41, 5.74) is 6.08. The minimum atomic E-state index is -1.10. The number of rotatable bonds is 7. The van der Waals surface area contributed by atoms with Crippen LogP contribution in [0.15, 0.2) is 47.6 Å². The molecule has 2 aromatic carbocycles. The zero-order chi connectivity index (χ0) is 20.7. The molecule has 2 rings (SSSR count). The van der Waals surface area contributed by atoms with Crippen LogP contribution in [-0.4, -0.2) is 23.8 Å². The first-order chi connectivity index (χ1) is 13.3. The first-order valence-corrected chi connectivity index (χ1v) is 8.42. The van der Waals surface area contributed by atoms with Crippen molar-refractivity contribution in [1.82, 2.24) is 0 Å². The van der Waals surface area contributed by atoms with Crippen LogP contribution in [-0.2, 0) is 14.4 Å². The summed E-state index contributed by atoms with van der Waals surface area (Å²) in [5.74, 6) is -3.44. The van der Waals surface area contributed by atoms with Crippen molar-refractivity contribution < 1.29 is 23.2 Å². The normalized spacial score (nSPS) is 12.2. The quantitative estimate of drug-likeness (QED) is 0.370. The smallest absolute Gasteiger partial charge is 0.267 e. The van der Waals surface area contributed by atoms with Gasteiger partial charge in [-0.1, -0.05) is 28.9 Å². The van der Waals surface area contributed by atoms with Gasteiger partial charge in [0, 0.05) is 11.8 Å². The van der Waals surface area contributed by atoms with Gasteiger partial charge in [0.2, 0.25) is 12.0 Å². The van der Waals surface area contributed by atoms with Gasteiger partial charge < -0.3 is 21.2 Å². The topological polar surface area (TPSA) is 106 Å². The second-order valence-electron chi connectivity index (χ2n) is 5.65. The zero-order valence-corrected chi connectivity index (χ0v) is 15.5. The summed E-state index contributed by atoms with van der Waals surface area (Å²) >= 11 is 5.94. The predicted octanol–water partition coefficient (Wildman–Crippen LogP) is 3.26. The summed E-state index contributed by atoms with van der Waals surface area (Å²) in [4.78, 5) is 28.8. The largest absolute Gasteiger partial charge is 0.384 e. The van der Waals surface area contributed by atoms with Crippen molar-refractivity contribution >= 4 is 40.6 Å². The lowest BCUT2D eigenvalue weighted by Gasteiger charge is -2.11. The number of nitrogens with zero attached hydrogens (tertiary/aromatic N) is 1. The van der Waals surface area contributed by atoms with Gasteiger partial charge in [0.25, 0.3) is 5.91 Å². The van der Waals surface area contributed by atoms with Crippen LogP contribution in [0, 0.1) is 11.6 Å². The number of halogens is 3. The van der Waals surface area contributed by atoms with Gasteiger partial charge in [-0.15, -0.1) is 0 Å². The number of nitrogens with two attached hydrogens (primary N) is 1. The van der Waals surface area contributed by atoms with Gasteiger partial charge in [0.15, 0.2) is 11.6 Å². The van der Waals surface area contributed by atoms with Crippen LogP contribution in [0.4, 0.5) is 20.2 Å². The molecule has 10 heteroatoms. The van der Waals surface area contributed by atoms with Gasteiger partial charge in [-0.3, -0.25) is 9.59 Å². The van der Waals surface area contributed by atoms with Crippen LogP contribution in [0.5, 0.6) is 0 Å². The van der Waals surface area contributed by atoms with Crippen LogP contribution >= 0.6 is 11.6 Å². The molecule has 0 aliphatic carbocycles. The Morgan fingerprint density at radius 2 is 1.89 bits per heavy atom. The summed E-state index contributed by atoms with van der Waals surface area (Å²) in [5, 5.41) is 8.79. The predicted molar refractivity (Wildman–Crippen MR) is 102 cm³/mol. The molecule has 0 aliphatic rings. The molecule has 7 nitrogen and oxygen atoms in total. The third-order valence-corrected chi connectivity index (χ3v) is 3.70. The lowest BCUT2D eigenvalue weighted by atomic mass is 10.3. The number of oxime groups is 1. The van der Waals surface area contributed by atoms with Crippen LogP contribution in [0.1, 0.15) is 13.3 Å². The van der Waals surface area contributed by atoms with Crippen molar-refractivity contribution in [1.29, 1.82) is 0 Å². The molecule has 1 atom stereocenters. The third-order valence-electron chi connectivity index (χ3n) is 3.37. The molecular formula is C18H17ClF2N4O3. The highest BCUT2D eigenvalue weighted by Gasteiger charge is 2.16. The molecule has 0 radical (unpaired) electrons. The van der Waals surface area contributed by atoms with Crippen LogP contribution in [0.2, 0.25) is 5.02 Å². The first kappa shape index (κ1) is 21.1. The van der Waals surface area contributed by atoms with Crippen LogP contribution in [0.25, 0.3) is 0 Å². The van der Waals surface area contributed by atoms with Crippen molar-refractivity contribution in [3.8, 4) is 0 Å². The molecule has 0 fully saturated rings. The molecule has 0 heterocycles. The van der Waals surface area contributed by atoms with E-state index in [-0.39, 0.29) is 17.9 Å². The van der Waals surface area contributed by atoms with Crippen molar-refractivity contribution in [3.05, 3.63) is 59.1 Å². The number of amidine groups is 1. The van der Waals surface area contributed by atoms with Gasteiger partial charge in [0.05, 0.1) is 17.1 Å². The minimum Gasteiger partial charge on any atom is -0.384 e. The van der Waals surface area contributed by atoms with Crippen molar-refractivity contribution in [2.45, 2.75) is 19.4 Å². The molecule has 0 saturated heterocycles. The molecule has 4 N–H and O–H groups in total. The number of carbonyl (C=O) groups is 2. The Balaban J connectivity index is 1.85. The monoisotopic (exact) mass is 410 g/mol. The second-order valence-corrected chi connectivity index (χ2v) is 6.06. The number of amides is 2. The minimum absolute atomic E-state index is 0.0513. The summed E-state index contributed by atoms with van der Waals surface area (Å²) < 4.78 is 26.0. The van der Waals surface area contributed by atoms with Gasteiger partial charge in [-0.05, 0) is 31.2 Å². The maximum Gasteiger partial charge on any atom is 0.267 e. The summed E-state index contributed by atoms with van der Waals surface area (Å²) in [7, 11) is 0. The molecule has 2 amide bonds. The van der Waals surface area contributed by atoms with Gasteiger partial charge in [-0.2, -0.15) is 0 Å². The Hall–Kier alpha value is -3.20. The van der Waals surface area contributed by atoms with E-state index >= 15 is 0 Å². The van der Waals surface area contributed by atoms with Crippen molar-refractivity contribution in [3.63, 3.8) is 0 Å². The van der Waals surface area contributed by atoms with Gasteiger partial charge >= 0.3 is 0 Å². The van der Waals surface area contributed by atoms with Crippen molar-refractivity contribution in [2.24, 2.45) is 10.9 Å². The van der Waals surface area contributed by atoms with E-state index in [1.54, 1.807) is 24.3 Å². The SMILES string of the molecule is CC(O/N=C(/N)CC(=O)Nc1ccccc1Cl)C(=O)Nc1ccc(F)c(F)c1. The average molecular weight is 411 g/mol. The summed E-state index contributed by atoms with van der Waals surface area (Å²) in [6.07, 6.45) is -1.39. The number of anilines is 2. The van der Waals surface area contributed by atoms with E-state index in [9.17, 15) is 18.4 Å². The highest BCUT2D eigenvalue weighted by molar-refractivity contribution is 6.33. The lowest BCUT2D eigenvalue weighted by molar-refractivity contribution is -0.126. The number of para-hydroxylation sites is 1. The molecule has 0 saturated carbocycles. The fraction of sp³-hybridized carbons (Fsp3) is 0.167. The molecule has 0 aliphatic heterocycles. The van der Waals surface area contributed by atoms with Crippen LogP contribution < -0.4 is 16.4 Å². The maximum absolute atomic E-state index is 13.1. The van der Waals surface area contributed by atoms with E-state index in [1.807, 2.05) is 0 Å². The molecule has 0 bridgehead atoms. The maximum atomic E-state index is 13.1. The summed E-state index contributed by atoms with van der Waals surface area (Å²) in [6.45, 7) is 1.37. The number of hydrogen-bond acceptors (Lipinski definition) is 4. The summed E-state index contributed by atoms with van der Waals surface area (Å²) in [6, 6.07) is 9.56. The van der Waals surface area contributed by atoms with E-state index in [0.29, 0.717) is 10.7 Å². The Labute approximate surface area is 164 Å². The highest BCUT2D eigenvalue weighted by atomic mass is 35.5. The van der Waals surface area contributed by atoms with E-state index in [0.717, 1.165) is 12.1 Å². The Morgan fingerprint density at radius 1 is 1.18 bits per heavy atom. The standard InChI is InChI=1S/C18H17ClF2N4O3/c1-10(18(27)23-11-6-7-13(20)14(21)8-11)28-25-16(22)9-17(26)24-15-5-3-2-4-12(15)19/h2-8,10H,9H2,1H3,(H2,22,25)(H,23,27)(H,24,26). The zero-order valence-electron chi connectivity index (χ0n) is 14.7. The van der Waals surface area contributed by atoms with E-state index in [2.05, 4.69) is 15.8 Å². The molecule has 1 unspecified atom stereocenters. The fourth-order valence-corrected chi connectivity index (χ4v) is 2.15. The molecular weight excluding hydrogens is 394 g/mol. The molecule has 2 aromatic rings. The lowest BCUT2D eigenvalue weighted by Crippen LogP contribution is -2.28. The molecule has 28 heavy (non-hydrogen) atoms. The average Bonchev–Trinajstić information content (AvgIpc) is 2.64.